The second-order valence-corrected chi connectivity index (χ2v) is 9.67. The van der Waals surface area contributed by atoms with Crippen LogP contribution in [0, 0.1) is 0 Å². The van der Waals surface area contributed by atoms with Crippen LogP contribution < -0.4 is 5.32 Å². The molecule has 1 aliphatic rings. The molecule has 1 N–H and O–H groups in total. The summed E-state index contributed by atoms with van der Waals surface area (Å²) in [6, 6.07) is 15.1. The summed E-state index contributed by atoms with van der Waals surface area (Å²) in [5.41, 5.74) is 2.49. The lowest BCUT2D eigenvalue weighted by molar-refractivity contribution is 0.102. The fraction of sp³-hybridized carbons (Fsp3) is 0.316. The van der Waals surface area contributed by atoms with Gasteiger partial charge in [0.25, 0.3) is 5.91 Å². The van der Waals surface area contributed by atoms with Crippen molar-refractivity contribution in [2.45, 2.75) is 29.9 Å². The molecule has 0 aliphatic carbocycles. The van der Waals surface area contributed by atoms with E-state index in [0.29, 0.717) is 12.0 Å². The minimum Gasteiger partial charge on any atom is -0.322 e. The second-order valence-electron chi connectivity index (χ2n) is 6.10. The zero-order chi connectivity index (χ0) is 17.9. The van der Waals surface area contributed by atoms with Crippen LogP contribution in [0.1, 0.15) is 29.3 Å². The number of hydrogen-bond acceptors (Lipinski definition) is 4. The SMILES string of the molecule is CCc1ccccc1NC(=O)c1ccccc1S[C@H]1CCS(=O)(=O)C1. The first-order valence-electron chi connectivity index (χ1n) is 8.34. The van der Waals surface area contributed by atoms with Gasteiger partial charge in [-0.1, -0.05) is 37.3 Å². The fourth-order valence-electron chi connectivity index (χ4n) is 2.93. The predicted octanol–water partition coefficient (Wildman–Crippen LogP) is 3.78. The average molecular weight is 376 g/mol. The molecule has 0 aromatic heterocycles. The van der Waals surface area contributed by atoms with Crippen LogP contribution in [0.4, 0.5) is 5.69 Å². The number of para-hydroxylation sites is 1. The topological polar surface area (TPSA) is 63.2 Å². The minimum absolute atomic E-state index is 0.0156. The molecular formula is C19H21NO3S2. The van der Waals surface area contributed by atoms with Gasteiger partial charge in [-0.2, -0.15) is 0 Å². The number of nitrogens with one attached hydrogen (secondary N) is 1. The molecule has 0 spiro atoms. The number of carbonyl (C=O) groups excluding carboxylic acids is 1. The molecule has 1 fully saturated rings. The molecular weight excluding hydrogens is 354 g/mol. The largest absolute Gasteiger partial charge is 0.322 e. The van der Waals surface area contributed by atoms with Crippen molar-refractivity contribution in [2.24, 2.45) is 0 Å². The van der Waals surface area contributed by atoms with Crippen LogP contribution in [0.5, 0.6) is 0 Å². The molecule has 25 heavy (non-hydrogen) atoms. The first-order chi connectivity index (χ1) is 12.0. The third-order valence-electron chi connectivity index (χ3n) is 4.26. The van der Waals surface area contributed by atoms with Crippen LogP contribution in [0.15, 0.2) is 53.4 Å². The molecule has 2 aromatic carbocycles. The lowest BCUT2D eigenvalue weighted by atomic mass is 10.1. The number of anilines is 1. The highest BCUT2D eigenvalue weighted by atomic mass is 32.2. The number of aryl methyl sites for hydroxylation is 1. The van der Waals surface area contributed by atoms with Gasteiger partial charge in [0.2, 0.25) is 0 Å². The van der Waals surface area contributed by atoms with Gasteiger partial charge in [-0.15, -0.1) is 11.8 Å². The predicted molar refractivity (Wildman–Crippen MR) is 103 cm³/mol. The monoisotopic (exact) mass is 375 g/mol. The van der Waals surface area contributed by atoms with Crippen LogP contribution in [0.2, 0.25) is 0 Å². The Morgan fingerprint density at radius 3 is 2.60 bits per heavy atom. The highest BCUT2D eigenvalue weighted by Gasteiger charge is 2.29. The Labute approximate surface area is 152 Å². The summed E-state index contributed by atoms with van der Waals surface area (Å²) in [7, 11) is -2.93. The molecule has 6 heteroatoms. The molecule has 1 atom stereocenters. The third-order valence-corrected chi connectivity index (χ3v) is 7.59. The van der Waals surface area contributed by atoms with Gasteiger partial charge in [0.05, 0.1) is 17.1 Å². The van der Waals surface area contributed by atoms with Crippen molar-refractivity contribution in [2.75, 3.05) is 16.8 Å². The van der Waals surface area contributed by atoms with Crippen molar-refractivity contribution in [3.63, 3.8) is 0 Å². The molecule has 132 valence electrons. The highest BCUT2D eigenvalue weighted by molar-refractivity contribution is 8.02. The maximum Gasteiger partial charge on any atom is 0.256 e. The summed E-state index contributed by atoms with van der Waals surface area (Å²) in [5.74, 6) is 0.264. The Balaban J connectivity index is 1.79. The van der Waals surface area contributed by atoms with Gasteiger partial charge >= 0.3 is 0 Å². The Bertz CT molecular complexity index is 878. The summed E-state index contributed by atoms with van der Waals surface area (Å²) < 4.78 is 23.3. The lowest BCUT2D eigenvalue weighted by Crippen LogP contribution is -2.15. The molecule has 0 radical (unpaired) electrons. The summed E-state index contributed by atoms with van der Waals surface area (Å²) >= 11 is 1.49. The van der Waals surface area contributed by atoms with E-state index in [1.54, 1.807) is 6.07 Å². The van der Waals surface area contributed by atoms with Crippen molar-refractivity contribution >= 4 is 33.2 Å². The van der Waals surface area contributed by atoms with Gasteiger partial charge in [0, 0.05) is 15.8 Å². The molecule has 1 saturated heterocycles. The molecule has 2 aromatic rings. The number of carbonyl (C=O) groups is 1. The van der Waals surface area contributed by atoms with E-state index in [1.165, 1.54) is 11.8 Å². The molecule has 0 unspecified atom stereocenters. The molecule has 3 rings (SSSR count). The van der Waals surface area contributed by atoms with Crippen LogP contribution in [0.25, 0.3) is 0 Å². The zero-order valence-corrected chi connectivity index (χ0v) is 15.7. The van der Waals surface area contributed by atoms with E-state index in [9.17, 15) is 13.2 Å². The van der Waals surface area contributed by atoms with Gasteiger partial charge < -0.3 is 5.32 Å². The minimum atomic E-state index is -2.93. The van der Waals surface area contributed by atoms with E-state index >= 15 is 0 Å². The smallest absolute Gasteiger partial charge is 0.256 e. The third kappa shape index (κ3) is 4.44. The van der Waals surface area contributed by atoms with E-state index in [1.807, 2.05) is 42.5 Å². The van der Waals surface area contributed by atoms with Crippen molar-refractivity contribution in [1.82, 2.24) is 0 Å². The zero-order valence-electron chi connectivity index (χ0n) is 14.1. The molecule has 0 saturated carbocycles. The summed E-state index contributed by atoms with van der Waals surface area (Å²) in [4.78, 5) is 13.6. The Morgan fingerprint density at radius 2 is 1.88 bits per heavy atom. The van der Waals surface area contributed by atoms with E-state index in [-0.39, 0.29) is 22.7 Å². The second kappa shape index (κ2) is 7.62. The quantitative estimate of drug-likeness (QED) is 0.864. The maximum absolute atomic E-state index is 12.8. The summed E-state index contributed by atoms with van der Waals surface area (Å²) in [6.45, 7) is 2.05. The van der Waals surface area contributed by atoms with Gasteiger partial charge in [-0.25, -0.2) is 8.42 Å². The Morgan fingerprint density at radius 1 is 1.16 bits per heavy atom. The average Bonchev–Trinajstić information content (AvgIpc) is 2.94. The normalized spacial score (nSPS) is 18.8. The maximum atomic E-state index is 12.8. The van der Waals surface area contributed by atoms with E-state index in [0.717, 1.165) is 22.6 Å². The van der Waals surface area contributed by atoms with E-state index < -0.39 is 9.84 Å². The fourth-order valence-corrected chi connectivity index (χ4v) is 6.56. The lowest BCUT2D eigenvalue weighted by Gasteiger charge is -2.14. The van der Waals surface area contributed by atoms with Crippen LogP contribution in [-0.2, 0) is 16.3 Å². The number of rotatable bonds is 5. The molecule has 4 nitrogen and oxygen atoms in total. The Kier molecular flexibility index (Phi) is 5.49. The summed E-state index contributed by atoms with van der Waals surface area (Å²) in [6.07, 6.45) is 1.48. The number of sulfone groups is 1. The number of benzene rings is 2. The van der Waals surface area contributed by atoms with Crippen LogP contribution in [0.3, 0.4) is 0 Å². The van der Waals surface area contributed by atoms with Crippen molar-refractivity contribution < 1.29 is 13.2 Å². The van der Waals surface area contributed by atoms with Gasteiger partial charge in [-0.3, -0.25) is 4.79 Å². The van der Waals surface area contributed by atoms with Crippen molar-refractivity contribution in [3.05, 3.63) is 59.7 Å². The van der Waals surface area contributed by atoms with Crippen molar-refractivity contribution in [1.29, 1.82) is 0 Å². The first kappa shape index (κ1) is 18.0. The highest BCUT2D eigenvalue weighted by Crippen LogP contribution is 2.33. The molecule has 1 aliphatic heterocycles. The Hall–Kier alpha value is -1.79. The number of thioether (sulfide) groups is 1. The first-order valence-corrected chi connectivity index (χ1v) is 11.0. The van der Waals surface area contributed by atoms with Gasteiger partial charge in [0.15, 0.2) is 9.84 Å². The van der Waals surface area contributed by atoms with Gasteiger partial charge in [-0.05, 0) is 36.6 Å². The van der Waals surface area contributed by atoms with Crippen molar-refractivity contribution in [3.8, 4) is 0 Å². The molecule has 0 bridgehead atoms. The van der Waals surface area contributed by atoms with E-state index in [2.05, 4.69) is 12.2 Å². The van der Waals surface area contributed by atoms with Gasteiger partial charge in [0.1, 0.15) is 0 Å². The van der Waals surface area contributed by atoms with E-state index in [4.69, 9.17) is 0 Å². The number of hydrogen-bond donors (Lipinski definition) is 1. The van der Waals surface area contributed by atoms with Crippen LogP contribution >= 0.6 is 11.8 Å². The summed E-state index contributed by atoms with van der Waals surface area (Å²) in [5, 5.41) is 3.00. The molecule has 1 amide bonds. The molecule has 1 heterocycles. The standard InChI is InChI=1S/C19H21NO3S2/c1-2-14-7-3-5-9-17(14)20-19(21)16-8-4-6-10-18(16)24-15-11-12-25(22,23)13-15/h3-10,15H,2,11-13H2,1H3,(H,20,21)/t15-/m0/s1. The van der Waals surface area contributed by atoms with Crippen LogP contribution in [-0.4, -0.2) is 31.1 Å². The number of amides is 1.